The minimum atomic E-state index is -0.418. The Balaban J connectivity index is 1.59. The topological polar surface area (TPSA) is 111 Å². The van der Waals surface area contributed by atoms with E-state index < -0.39 is 9.85 Å². The van der Waals surface area contributed by atoms with Gasteiger partial charge in [-0.05, 0) is 24.0 Å². The number of non-ortho nitro benzene ring substituents is 2. The predicted molar refractivity (Wildman–Crippen MR) is 110 cm³/mol. The van der Waals surface area contributed by atoms with Gasteiger partial charge in [0.1, 0.15) is 0 Å². The van der Waals surface area contributed by atoms with Gasteiger partial charge in [0.05, 0.1) is 9.85 Å². The van der Waals surface area contributed by atoms with Crippen LogP contribution in [-0.2, 0) is 0 Å². The van der Waals surface area contributed by atoms with Crippen LogP contribution in [0.1, 0.15) is 36.8 Å². The van der Waals surface area contributed by atoms with Gasteiger partial charge in [-0.15, -0.1) is 0 Å². The van der Waals surface area contributed by atoms with Gasteiger partial charge >= 0.3 is 0 Å². The van der Waals surface area contributed by atoms with Crippen LogP contribution in [0.3, 0.4) is 0 Å². The van der Waals surface area contributed by atoms with Crippen LogP contribution in [-0.4, -0.2) is 35.4 Å². The Labute approximate surface area is 163 Å². The molecule has 0 aliphatic carbocycles. The van der Waals surface area contributed by atoms with Gasteiger partial charge in [0.25, 0.3) is 11.4 Å². The van der Waals surface area contributed by atoms with Crippen molar-refractivity contribution in [1.82, 2.24) is 0 Å². The van der Waals surface area contributed by atoms with E-state index in [-0.39, 0.29) is 11.4 Å². The Morgan fingerprint density at radius 2 is 1.14 bits per heavy atom. The zero-order valence-corrected chi connectivity index (χ0v) is 15.4. The largest absolute Gasteiger partial charge is 0.293 e. The van der Waals surface area contributed by atoms with Crippen molar-refractivity contribution in [1.29, 1.82) is 0 Å². The van der Waals surface area contributed by atoms with Gasteiger partial charge < -0.3 is 0 Å². The monoisotopic (exact) mass is 382 g/mol. The SMILES string of the molecule is O=[N+]([O-])c1cccc(C=NCCCCCCN=Cc2cccc([N+](=O)[O-])c2)c1. The Hall–Kier alpha value is -3.42. The molecule has 0 amide bonds. The third-order valence-electron chi connectivity index (χ3n) is 3.97. The molecule has 0 aliphatic rings. The van der Waals surface area contributed by atoms with E-state index >= 15 is 0 Å². The molecule has 0 aliphatic heterocycles. The summed E-state index contributed by atoms with van der Waals surface area (Å²) in [4.78, 5) is 29.2. The normalized spacial score (nSPS) is 11.3. The summed E-state index contributed by atoms with van der Waals surface area (Å²) in [5.74, 6) is 0. The van der Waals surface area contributed by atoms with Crippen LogP contribution in [0.15, 0.2) is 58.5 Å². The fraction of sp³-hybridized carbons (Fsp3) is 0.300. The van der Waals surface area contributed by atoms with Crippen LogP contribution in [0.25, 0.3) is 0 Å². The number of nitro benzene ring substituents is 2. The summed E-state index contributed by atoms with van der Waals surface area (Å²) < 4.78 is 0. The van der Waals surface area contributed by atoms with Crippen LogP contribution in [0.5, 0.6) is 0 Å². The number of rotatable bonds is 11. The van der Waals surface area contributed by atoms with E-state index in [1.807, 2.05) is 0 Å². The third-order valence-corrected chi connectivity index (χ3v) is 3.97. The quantitative estimate of drug-likeness (QED) is 0.245. The molecule has 8 heteroatoms. The smallest absolute Gasteiger partial charge is 0.270 e. The molecule has 0 heterocycles. The molecule has 0 aromatic heterocycles. The highest BCUT2D eigenvalue weighted by atomic mass is 16.6. The van der Waals surface area contributed by atoms with E-state index in [1.165, 1.54) is 24.3 Å². The molecule has 146 valence electrons. The third kappa shape index (κ3) is 7.45. The molecule has 2 aromatic rings. The first-order valence-electron chi connectivity index (χ1n) is 9.05. The van der Waals surface area contributed by atoms with Crippen LogP contribution in [0.2, 0.25) is 0 Å². The number of hydrogen-bond donors (Lipinski definition) is 0. The van der Waals surface area contributed by atoms with Crippen LogP contribution >= 0.6 is 0 Å². The zero-order chi connectivity index (χ0) is 20.2. The Bertz CT molecular complexity index is 793. The average Bonchev–Trinajstić information content (AvgIpc) is 2.69. The van der Waals surface area contributed by atoms with Crippen molar-refractivity contribution in [3.8, 4) is 0 Å². The molecule has 0 radical (unpaired) electrons. The molecule has 28 heavy (non-hydrogen) atoms. The van der Waals surface area contributed by atoms with E-state index in [1.54, 1.807) is 36.7 Å². The van der Waals surface area contributed by atoms with E-state index in [0.29, 0.717) is 13.1 Å². The number of benzene rings is 2. The number of aliphatic imine (C=N–C) groups is 2. The van der Waals surface area contributed by atoms with Gasteiger partial charge in [-0.1, -0.05) is 37.1 Å². The summed E-state index contributed by atoms with van der Waals surface area (Å²) in [6.45, 7) is 1.36. The van der Waals surface area contributed by atoms with Crippen LogP contribution < -0.4 is 0 Å². The van der Waals surface area contributed by atoms with Gasteiger partial charge in [0.15, 0.2) is 0 Å². The van der Waals surface area contributed by atoms with Crippen molar-refractivity contribution in [3.05, 3.63) is 79.9 Å². The summed E-state index contributed by atoms with van der Waals surface area (Å²) in [7, 11) is 0. The fourth-order valence-electron chi connectivity index (χ4n) is 2.54. The summed E-state index contributed by atoms with van der Waals surface area (Å²) in [6.07, 6.45) is 7.27. The summed E-state index contributed by atoms with van der Waals surface area (Å²) >= 11 is 0. The van der Waals surface area contributed by atoms with Crippen molar-refractivity contribution in [3.63, 3.8) is 0 Å². The molecular formula is C20H22N4O4. The second-order valence-electron chi connectivity index (χ2n) is 6.19. The van der Waals surface area contributed by atoms with E-state index in [2.05, 4.69) is 9.98 Å². The maximum Gasteiger partial charge on any atom is 0.270 e. The van der Waals surface area contributed by atoms with Gasteiger partial charge in [-0.2, -0.15) is 0 Å². The van der Waals surface area contributed by atoms with Crippen molar-refractivity contribution in [2.45, 2.75) is 25.7 Å². The predicted octanol–water partition coefficient (Wildman–Crippen LogP) is 4.60. The molecule has 0 spiro atoms. The van der Waals surface area contributed by atoms with E-state index in [0.717, 1.165) is 36.8 Å². The molecule has 8 nitrogen and oxygen atoms in total. The Morgan fingerprint density at radius 1 is 0.714 bits per heavy atom. The molecule has 0 unspecified atom stereocenters. The standard InChI is InChI=1S/C20H22N4O4/c25-23(26)19-9-5-7-17(13-19)15-21-11-3-1-2-4-12-22-16-18-8-6-10-20(14-18)24(27)28/h5-10,13-16H,1-4,11-12H2. The lowest BCUT2D eigenvalue weighted by atomic mass is 10.2. The summed E-state index contributed by atoms with van der Waals surface area (Å²) in [5.41, 5.74) is 1.58. The number of hydrogen-bond acceptors (Lipinski definition) is 6. The van der Waals surface area contributed by atoms with Crippen LogP contribution in [0.4, 0.5) is 11.4 Å². The molecule has 0 bridgehead atoms. The van der Waals surface area contributed by atoms with Gasteiger partial charge in [-0.3, -0.25) is 30.2 Å². The Kier molecular flexibility index (Phi) is 8.45. The Morgan fingerprint density at radius 3 is 1.54 bits per heavy atom. The molecule has 0 saturated carbocycles. The molecule has 2 aromatic carbocycles. The van der Waals surface area contributed by atoms with Crippen LogP contribution in [0, 0.1) is 20.2 Å². The maximum absolute atomic E-state index is 10.7. The van der Waals surface area contributed by atoms with Crippen molar-refractivity contribution < 1.29 is 9.85 Å². The highest BCUT2D eigenvalue weighted by Gasteiger charge is 2.04. The first-order chi connectivity index (χ1) is 13.6. The fourth-order valence-corrected chi connectivity index (χ4v) is 2.54. The molecular weight excluding hydrogens is 360 g/mol. The first-order valence-corrected chi connectivity index (χ1v) is 9.05. The van der Waals surface area contributed by atoms with Gasteiger partial charge in [0, 0.05) is 49.8 Å². The lowest BCUT2D eigenvalue weighted by Gasteiger charge is -1.98. The second kappa shape index (κ2) is 11.3. The molecule has 0 atom stereocenters. The lowest BCUT2D eigenvalue weighted by molar-refractivity contribution is -0.385. The van der Waals surface area contributed by atoms with Crippen molar-refractivity contribution in [2.75, 3.05) is 13.1 Å². The number of nitrogens with zero attached hydrogens (tertiary/aromatic N) is 4. The molecule has 0 fully saturated rings. The maximum atomic E-state index is 10.7. The highest BCUT2D eigenvalue weighted by molar-refractivity contribution is 5.81. The summed E-state index contributed by atoms with van der Waals surface area (Å²) in [5, 5.41) is 21.4. The van der Waals surface area contributed by atoms with Gasteiger partial charge in [-0.25, -0.2) is 0 Å². The minimum absolute atomic E-state index is 0.0645. The highest BCUT2D eigenvalue weighted by Crippen LogP contribution is 2.12. The number of nitro groups is 2. The molecule has 0 N–H and O–H groups in total. The van der Waals surface area contributed by atoms with E-state index in [9.17, 15) is 20.2 Å². The van der Waals surface area contributed by atoms with E-state index in [4.69, 9.17) is 0 Å². The molecule has 0 saturated heterocycles. The number of unbranched alkanes of at least 4 members (excludes halogenated alkanes) is 3. The minimum Gasteiger partial charge on any atom is -0.293 e. The van der Waals surface area contributed by atoms with Crippen molar-refractivity contribution >= 4 is 23.8 Å². The lowest BCUT2D eigenvalue weighted by Crippen LogP contribution is -1.91. The molecule has 2 rings (SSSR count). The second-order valence-corrected chi connectivity index (χ2v) is 6.19. The average molecular weight is 382 g/mol. The van der Waals surface area contributed by atoms with Gasteiger partial charge in [0.2, 0.25) is 0 Å². The first kappa shape index (κ1) is 20.9. The van der Waals surface area contributed by atoms with Crippen molar-refractivity contribution in [2.24, 2.45) is 9.98 Å². The summed E-state index contributed by atoms with van der Waals surface area (Å²) in [6, 6.07) is 12.8. The zero-order valence-electron chi connectivity index (χ0n) is 15.4.